The lowest BCUT2D eigenvalue weighted by Crippen LogP contribution is -2.58. The van der Waals surface area contributed by atoms with Gasteiger partial charge in [-0.1, -0.05) is 0 Å². The number of piperazine rings is 1. The molecule has 3 atom stereocenters. The highest BCUT2D eigenvalue weighted by atomic mass is 32.1. The zero-order valence-corrected chi connectivity index (χ0v) is 44.1. The Balaban J connectivity index is 0.703. The number of thiophene rings is 1. The van der Waals surface area contributed by atoms with E-state index in [9.17, 15) is 43.4 Å². The summed E-state index contributed by atoms with van der Waals surface area (Å²) >= 11 is 1.62. The maximum Gasteiger partial charge on any atom is 0.471 e. The number of amides is 5. The van der Waals surface area contributed by atoms with Crippen LogP contribution < -0.4 is 24.8 Å². The highest BCUT2D eigenvalue weighted by molar-refractivity contribution is 7.46. The molecule has 3 saturated heterocycles. The fourth-order valence-electron chi connectivity index (χ4n) is 12.1. The first-order chi connectivity index (χ1) is 36.6. The summed E-state index contributed by atoms with van der Waals surface area (Å²) in [4.78, 5) is 113. The van der Waals surface area contributed by atoms with Crippen molar-refractivity contribution in [3.8, 4) is 17.0 Å². The van der Waals surface area contributed by atoms with Crippen LogP contribution in [0.2, 0.25) is 0 Å². The molecule has 1 aliphatic carbocycles. The van der Waals surface area contributed by atoms with Crippen molar-refractivity contribution >= 4 is 77.4 Å². The largest absolute Gasteiger partial charge is 0.480 e. The van der Waals surface area contributed by atoms with Crippen molar-refractivity contribution in [1.29, 1.82) is 0 Å². The average molecular weight is 1080 g/mol. The number of fused-ring (bicyclic) bond motifs is 4. The molecule has 23 heteroatoms. The van der Waals surface area contributed by atoms with Crippen LogP contribution in [0.3, 0.4) is 0 Å². The summed E-state index contributed by atoms with van der Waals surface area (Å²) in [6, 6.07) is 12.0. The number of phosphoric ester groups is 1. The van der Waals surface area contributed by atoms with E-state index < -0.39 is 43.7 Å². The number of aliphatic hydroxyl groups excluding tert-OH is 1. The van der Waals surface area contributed by atoms with Gasteiger partial charge in [-0.05, 0) is 124 Å². The Labute approximate surface area is 442 Å². The zero-order chi connectivity index (χ0) is 53.2. The summed E-state index contributed by atoms with van der Waals surface area (Å²) in [6.45, 7) is 7.51. The number of aryl methyl sites for hydroxylation is 1. The molecular weight excluding hydrogens is 1020 g/mol. The van der Waals surface area contributed by atoms with Crippen LogP contribution in [-0.2, 0) is 44.5 Å². The van der Waals surface area contributed by atoms with Crippen LogP contribution in [0.5, 0.6) is 5.88 Å². The van der Waals surface area contributed by atoms with E-state index in [1.807, 2.05) is 24.4 Å². The van der Waals surface area contributed by atoms with Crippen LogP contribution in [0.4, 0.5) is 28.7 Å². The SMILES string of the molecule is COc1ncc(-c2ccnc(N3CCc4c(sc5c4CCCC5)C3=O)c2CO)cc1Nc1ccc(N2CCN(C3CCN(c4ccc5c(c4)C(=O)N(C4CCC(=O)N(C(C)OP(=O)(O)O)C4=O)C5=O)CC3)C[C@@H]2C)cn1. The van der Waals surface area contributed by atoms with Gasteiger partial charge >= 0.3 is 7.82 Å². The number of ether oxygens (including phenoxy) is 1. The molecule has 4 N–H and O–H groups in total. The molecule has 21 nitrogen and oxygen atoms in total. The summed E-state index contributed by atoms with van der Waals surface area (Å²) in [5.74, 6) is -1.65. The minimum atomic E-state index is -5.06. The number of hydrogen-bond acceptors (Lipinski definition) is 17. The topological polar surface area (TPSA) is 252 Å². The number of hydrogen-bond donors (Lipinski definition) is 4. The number of anilines is 5. The number of aromatic nitrogens is 3. The van der Waals surface area contributed by atoms with Crippen LogP contribution in [-0.4, -0.2) is 145 Å². The predicted molar refractivity (Wildman–Crippen MR) is 282 cm³/mol. The molecule has 4 aromatic heterocycles. The maximum atomic E-state index is 14.0. The molecule has 0 radical (unpaired) electrons. The van der Waals surface area contributed by atoms with Crippen molar-refractivity contribution in [2.75, 3.05) is 66.4 Å². The number of imide groups is 2. The number of nitrogens with zero attached hydrogens (tertiary/aromatic N) is 9. The molecule has 11 rings (SSSR count). The Bertz CT molecular complexity index is 3200. The van der Waals surface area contributed by atoms with Gasteiger partial charge in [0.2, 0.25) is 11.8 Å². The first kappa shape index (κ1) is 51.5. The lowest BCUT2D eigenvalue weighted by atomic mass is 9.92. The highest BCUT2D eigenvalue weighted by Crippen LogP contribution is 2.42. The highest BCUT2D eigenvalue weighted by Gasteiger charge is 2.49. The number of likely N-dealkylation sites (tertiary alicyclic amines) is 1. The van der Waals surface area contributed by atoms with Crippen molar-refractivity contribution in [1.82, 2.24) is 29.7 Å². The second-order valence-corrected chi connectivity index (χ2v) is 22.5. The minimum Gasteiger partial charge on any atom is -0.480 e. The number of rotatable bonds is 13. The Morgan fingerprint density at radius 1 is 0.816 bits per heavy atom. The molecular formula is C53H59N10O11PS. The van der Waals surface area contributed by atoms with Gasteiger partial charge < -0.3 is 34.7 Å². The van der Waals surface area contributed by atoms with Crippen LogP contribution in [0.1, 0.15) is 104 Å². The third-order valence-electron chi connectivity index (χ3n) is 15.7. The Kier molecular flexibility index (Phi) is 14.0. The van der Waals surface area contributed by atoms with Crippen LogP contribution in [0.15, 0.2) is 61.1 Å². The van der Waals surface area contributed by atoms with E-state index >= 15 is 0 Å². The van der Waals surface area contributed by atoms with Crippen LogP contribution in [0, 0.1) is 0 Å². The fraction of sp³-hybridized carbons (Fsp3) is 0.434. The Hall–Kier alpha value is -6.65. The number of carbonyl (C=O) groups excluding carboxylic acids is 5. The third kappa shape index (κ3) is 9.53. The summed E-state index contributed by atoms with van der Waals surface area (Å²) in [7, 11) is -3.50. The molecule has 3 fully saturated rings. The number of methoxy groups -OCH3 is 1. The molecule has 0 spiro atoms. The molecule has 76 heavy (non-hydrogen) atoms. The van der Waals surface area contributed by atoms with E-state index in [1.165, 1.54) is 16.0 Å². The average Bonchev–Trinajstić information content (AvgIpc) is 3.96. The molecule has 398 valence electrons. The van der Waals surface area contributed by atoms with Crippen molar-refractivity contribution in [2.24, 2.45) is 0 Å². The summed E-state index contributed by atoms with van der Waals surface area (Å²) in [5.41, 5.74) is 7.19. The van der Waals surface area contributed by atoms with Gasteiger partial charge in [-0.2, -0.15) is 0 Å². The fourth-order valence-corrected chi connectivity index (χ4v) is 13.9. The minimum absolute atomic E-state index is 0.0623. The van der Waals surface area contributed by atoms with Gasteiger partial charge in [0.1, 0.15) is 29.6 Å². The van der Waals surface area contributed by atoms with Gasteiger partial charge in [0, 0.05) is 91.9 Å². The van der Waals surface area contributed by atoms with Gasteiger partial charge in [-0.15, -0.1) is 11.3 Å². The van der Waals surface area contributed by atoms with E-state index in [-0.39, 0.29) is 42.5 Å². The second kappa shape index (κ2) is 20.7. The molecule has 5 amide bonds. The zero-order valence-electron chi connectivity index (χ0n) is 42.4. The van der Waals surface area contributed by atoms with Gasteiger partial charge in [0.05, 0.1) is 41.6 Å². The third-order valence-corrected chi connectivity index (χ3v) is 17.6. The van der Waals surface area contributed by atoms with Crippen LogP contribution >= 0.6 is 19.2 Å². The lowest BCUT2D eigenvalue weighted by molar-refractivity contribution is -0.161. The summed E-state index contributed by atoms with van der Waals surface area (Å²) < 4.78 is 21.7. The Morgan fingerprint density at radius 3 is 2.33 bits per heavy atom. The number of benzene rings is 1. The van der Waals surface area contributed by atoms with E-state index in [0.717, 1.165) is 106 Å². The number of nitrogens with one attached hydrogen (secondary N) is 1. The number of pyridine rings is 3. The Morgan fingerprint density at radius 2 is 1.59 bits per heavy atom. The molecule has 1 aromatic carbocycles. The molecule has 5 aliphatic heterocycles. The standard InChI is InChI=1S/C53H59N10O11PS/c1-30-28-59(33-15-19-58(20-16-33)34-8-10-39-40(25-34)51(67)63(50(39)66)43-11-13-46(65)62(52(43)68)31(2)74-75(70,71)72)22-23-60(30)35-9-12-45(55-27-35)57-42-24-32(26-56-49(42)73-3)36-14-18-54-48(41(36)29-64)61-21-17-38-37-6-4-5-7-44(37)76-47(38)53(61)69/h8-10,12,14,18,24-27,30-31,33,43,64H,4-7,11,13,15-17,19-23,28-29H2,1-3H3,(H,55,57)(H2,70,71,72)/t30-,31?,43?/m0/s1. The van der Waals surface area contributed by atoms with E-state index in [0.29, 0.717) is 57.4 Å². The van der Waals surface area contributed by atoms with Gasteiger partial charge in [0.15, 0.2) is 0 Å². The first-order valence-electron chi connectivity index (χ1n) is 25.8. The van der Waals surface area contributed by atoms with Gasteiger partial charge in [0.25, 0.3) is 23.6 Å². The smallest absolute Gasteiger partial charge is 0.471 e. The first-order valence-corrected chi connectivity index (χ1v) is 28.1. The molecule has 9 heterocycles. The predicted octanol–water partition coefficient (Wildman–Crippen LogP) is 5.67. The van der Waals surface area contributed by atoms with Crippen molar-refractivity contribution in [3.05, 3.63) is 98.6 Å². The van der Waals surface area contributed by atoms with Crippen LogP contribution in [0.25, 0.3) is 11.1 Å². The molecule has 2 unspecified atom stereocenters. The molecule has 6 aliphatic rings. The van der Waals surface area contributed by atoms with E-state index in [1.54, 1.807) is 53.9 Å². The number of phosphoric acid groups is 1. The molecule has 0 bridgehead atoms. The van der Waals surface area contributed by atoms with Crippen molar-refractivity contribution < 1.29 is 52.7 Å². The number of piperidine rings is 2. The summed E-state index contributed by atoms with van der Waals surface area (Å²) in [5, 5.41) is 14.2. The monoisotopic (exact) mass is 1070 g/mol. The van der Waals surface area contributed by atoms with E-state index in [4.69, 9.17) is 9.72 Å². The molecule has 5 aromatic rings. The van der Waals surface area contributed by atoms with Gasteiger partial charge in [-0.25, -0.2) is 19.5 Å². The summed E-state index contributed by atoms with van der Waals surface area (Å²) in [6.07, 6.45) is 10.2. The van der Waals surface area contributed by atoms with Crippen molar-refractivity contribution in [2.45, 2.75) is 103 Å². The number of aliphatic hydroxyl groups is 1. The number of carbonyl (C=O) groups is 5. The van der Waals surface area contributed by atoms with E-state index in [2.05, 4.69) is 47.5 Å². The lowest BCUT2D eigenvalue weighted by Gasteiger charge is -2.46. The maximum absolute atomic E-state index is 14.0. The second-order valence-electron chi connectivity index (χ2n) is 20.2. The van der Waals surface area contributed by atoms with Crippen molar-refractivity contribution in [3.63, 3.8) is 0 Å². The quantitative estimate of drug-likeness (QED) is 0.0818. The van der Waals surface area contributed by atoms with Gasteiger partial charge in [-0.3, -0.25) is 48.1 Å². The molecule has 0 saturated carbocycles. The normalized spacial score (nSPS) is 21.0.